The van der Waals surface area contributed by atoms with Crippen molar-refractivity contribution >= 4 is 72.2 Å². The number of hydrogen-bond acceptors (Lipinski definition) is 1. The number of para-hydroxylation sites is 3. The quantitative estimate of drug-likeness (QED) is 0.116. The summed E-state index contributed by atoms with van der Waals surface area (Å²) >= 11 is 1.97. The number of benzene rings is 7. The van der Waals surface area contributed by atoms with Crippen molar-refractivity contribution in [2.24, 2.45) is 5.92 Å². The van der Waals surface area contributed by atoms with Crippen LogP contribution >= 0.6 is 11.3 Å². The Hall–Kier alpha value is -6.66. The minimum absolute atomic E-state index is 0.126. The molecule has 2 unspecified atom stereocenters. The lowest BCUT2D eigenvalue weighted by Crippen LogP contribution is -2.55. The second kappa shape index (κ2) is 15.4. The fourth-order valence-corrected chi connectivity index (χ4v) is 16.1. The predicted octanol–water partition coefficient (Wildman–Crippen LogP) is 15.1. The molecule has 4 aromatic heterocycles. The van der Waals surface area contributed by atoms with Crippen LogP contribution in [0.3, 0.4) is 0 Å². The van der Waals surface area contributed by atoms with E-state index in [4.69, 9.17) is 0 Å². The van der Waals surface area contributed by atoms with Gasteiger partial charge in [-0.15, -0.1) is 11.3 Å². The molecular weight excluding hydrogens is 859 g/mol. The smallest absolute Gasteiger partial charge is 0.187 e. The van der Waals surface area contributed by atoms with Gasteiger partial charge < -0.3 is 0 Å². The fraction of sp³-hybridized carbons (Fsp3) is 0.206. The molecule has 0 spiro atoms. The molecule has 14 rings (SSSR count). The van der Waals surface area contributed by atoms with E-state index in [1.165, 1.54) is 142 Å². The first kappa shape index (κ1) is 40.4. The van der Waals surface area contributed by atoms with E-state index in [0.717, 1.165) is 12.3 Å². The lowest BCUT2D eigenvalue weighted by atomic mass is 9.82. The van der Waals surface area contributed by atoms with Gasteiger partial charge in [-0.3, -0.25) is 0 Å². The fourth-order valence-electron chi connectivity index (χ4n) is 13.1. The molecule has 0 N–H and O–H groups in total. The van der Waals surface area contributed by atoms with Crippen LogP contribution in [0.15, 0.2) is 176 Å². The summed E-state index contributed by atoms with van der Waals surface area (Å²) < 4.78 is 10.9. The van der Waals surface area contributed by atoms with Crippen molar-refractivity contribution in [3.8, 4) is 39.2 Å². The van der Waals surface area contributed by atoms with E-state index in [2.05, 4.69) is 209 Å². The maximum absolute atomic E-state index is 2.79. The van der Waals surface area contributed by atoms with Crippen molar-refractivity contribution < 1.29 is 8.97 Å². The van der Waals surface area contributed by atoms with Gasteiger partial charge in [0.25, 0.3) is 0 Å². The maximum Gasteiger partial charge on any atom is 0.302 e. The second-order valence-electron chi connectivity index (χ2n) is 21.1. The molecule has 7 aromatic carbocycles. The number of fused-ring (bicyclic) bond motifs is 19. The lowest BCUT2D eigenvalue weighted by molar-refractivity contribution is -0.721. The predicted molar refractivity (Wildman–Crippen MR) is 288 cm³/mol. The van der Waals surface area contributed by atoms with Gasteiger partial charge in [0.2, 0.25) is 11.7 Å². The molecule has 2 aliphatic carbocycles. The third kappa shape index (κ3) is 6.07. The van der Waals surface area contributed by atoms with Crippen molar-refractivity contribution in [2.45, 2.75) is 76.5 Å². The van der Waals surface area contributed by atoms with Crippen molar-refractivity contribution in [1.29, 1.82) is 0 Å². The number of nitrogens with zero attached hydrogens (tertiary/aromatic N) is 3. The average molecular weight is 914 g/mol. The Balaban J connectivity index is 1.12. The molecule has 1 fully saturated rings. The highest BCUT2D eigenvalue weighted by atomic mass is 32.1. The third-order valence-electron chi connectivity index (χ3n) is 16.1. The van der Waals surface area contributed by atoms with Gasteiger partial charge in [0.15, 0.2) is 22.9 Å². The van der Waals surface area contributed by atoms with Crippen molar-refractivity contribution in [3.63, 3.8) is 0 Å². The van der Waals surface area contributed by atoms with E-state index in [1.807, 2.05) is 11.3 Å². The molecule has 11 aromatic rings. The Morgan fingerprint density at radius 3 is 2.13 bits per heavy atom. The monoisotopic (exact) mass is 913 g/mol. The van der Waals surface area contributed by atoms with Crippen LogP contribution in [0.25, 0.3) is 86.8 Å². The molecule has 68 heavy (non-hydrogen) atoms. The van der Waals surface area contributed by atoms with Crippen LogP contribution in [-0.2, 0) is 12.8 Å². The molecule has 0 bridgehead atoms. The number of thiophene rings is 1. The van der Waals surface area contributed by atoms with Gasteiger partial charge in [-0.1, -0.05) is 185 Å². The molecule has 5 heterocycles. The van der Waals surface area contributed by atoms with E-state index in [1.54, 1.807) is 10.8 Å². The van der Waals surface area contributed by atoms with E-state index >= 15 is 0 Å². The first-order chi connectivity index (χ1) is 33.4. The molecule has 3 nitrogen and oxygen atoms in total. The van der Waals surface area contributed by atoms with Crippen LogP contribution in [0, 0.1) is 5.92 Å². The number of hydrogen-bond donors (Lipinski definition) is 0. The average Bonchev–Trinajstić information content (AvgIpc) is 4.07. The summed E-state index contributed by atoms with van der Waals surface area (Å²) in [5, 5.41) is 7.04. The molecule has 3 aliphatic rings. The number of rotatable bonds is 6. The largest absolute Gasteiger partial charge is 0.302 e. The molecule has 2 atom stereocenters. The highest BCUT2D eigenvalue weighted by molar-refractivity contribution is 7.26. The number of aromatic nitrogens is 3. The van der Waals surface area contributed by atoms with Gasteiger partial charge in [0.05, 0.1) is 24.1 Å². The van der Waals surface area contributed by atoms with E-state index in [9.17, 15) is 0 Å². The minimum Gasteiger partial charge on any atom is -0.187 e. The SMILES string of the molecule is C[Si](C)(C)c1c[n+]2c(cc1CC1CCCCC1)-c1ccccc1C1Cc3c([n+]4c5ccccc5n(-c5ccccc5-c5ccccc5)c4c4c3ccc3c5ccc(-c6ccccc6)cc5sc34)C12. The Morgan fingerprint density at radius 1 is 0.632 bits per heavy atom. The zero-order chi connectivity index (χ0) is 45.3. The summed E-state index contributed by atoms with van der Waals surface area (Å²) in [6.45, 7) is 7.73. The first-order valence-electron chi connectivity index (χ1n) is 25.1. The number of pyridine rings is 2. The van der Waals surface area contributed by atoms with Crippen LogP contribution in [0.1, 0.15) is 66.4 Å². The van der Waals surface area contributed by atoms with Crippen molar-refractivity contribution in [3.05, 3.63) is 198 Å². The van der Waals surface area contributed by atoms with Gasteiger partial charge in [-0.05, 0) is 82.3 Å². The Bertz CT molecular complexity index is 3830. The summed E-state index contributed by atoms with van der Waals surface area (Å²) in [5.74, 6) is 1.08. The van der Waals surface area contributed by atoms with Gasteiger partial charge >= 0.3 is 5.65 Å². The van der Waals surface area contributed by atoms with Gasteiger partial charge in [0.1, 0.15) is 5.69 Å². The van der Waals surface area contributed by atoms with Crippen LogP contribution in [0.2, 0.25) is 19.6 Å². The molecule has 1 saturated carbocycles. The highest BCUT2D eigenvalue weighted by Crippen LogP contribution is 2.52. The molecule has 5 heteroatoms. The zero-order valence-electron chi connectivity index (χ0n) is 39.2. The summed E-state index contributed by atoms with van der Waals surface area (Å²) in [7, 11) is -1.77. The van der Waals surface area contributed by atoms with Gasteiger partial charge in [0, 0.05) is 43.4 Å². The lowest BCUT2D eigenvalue weighted by Gasteiger charge is -2.30. The minimum atomic E-state index is -1.77. The van der Waals surface area contributed by atoms with Gasteiger partial charge in [-0.25, -0.2) is 0 Å². The Morgan fingerprint density at radius 2 is 1.32 bits per heavy atom. The third-order valence-corrected chi connectivity index (χ3v) is 19.4. The highest BCUT2D eigenvalue weighted by Gasteiger charge is 2.52. The van der Waals surface area contributed by atoms with E-state index in [-0.39, 0.29) is 6.04 Å². The summed E-state index contributed by atoms with van der Waals surface area (Å²) in [5.41, 5.74) is 18.8. The topological polar surface area (TPSA) is 12.9 Å². The molecule has 1 aliphatic heterocycles. The first-order valence-corrected chi connectivity index (χ1v) is 29.4. The maximum atomic E-state index is 2.79. The van der Waals surface area contributed by atoms with Crippen molar-refractivity contribution in [1.82, 2.24) is 4.57 Å². The molecule has 0 saturated heterocycles. The molecule has 0 amide bonds. The van der Waals surface area contributed by atoms with Crippen LogP contribution in [0.4, 0.5) is 0 Å². The van der Waals surface area contributed by atoms with Crippen LogP contribution in [0.5, 0.6) is 0 Å². The Labute approximate surface area is 403 Å². The summed E-state index contributed by atoms with van der Waals surface area (Å²) in [6.07, 6.45) is 11.8. The molecule has 330 valence electrons. The van der Waals surface area contributed by atoms with Crippen LogP contribution < -0.4 is 14.2 Å². The normalized spacial score (nSPS) is 17.0. The molecular formula is C63H55N3SSi+2. The standard InChI is InChI=1S/C63H55N3SSi/c1-68(2,3)58-39-64-56(36-44(58)35-40-19-7-4-8-20-40)47-27-14-13-26-46(47)51-38-52-49-33-34-50-48-32-31-43(41-21-9-5-10-22-41)37-57(48)67-62(50)59(49)63-65(53-28-16-15-25-45(53)42-23-11-6-12-24-42)54-29-17-18-30-55(54)66(63)61(52)60(51)64/h5-6,9-18,21-34,36-37,39-40,51,60H,4,7-8,19-20,35,38H2,1-3H3/q+2. The van der Waals surface area contributed by atoms with Crippen LogP contribution in [-0.4, -0.2) is 12.6 Å². The second-order valence-corrected chi connectivity index (χ2v) is 27.2. The van der Waals surface area contributed by atoms with Crippen molar-refractivity contribution in [2.75, 3.05) is 0 Å². The zero-order valence-corrected chi connectivity index (χ0v) is 41.0. The van der Waals surface area contributed by atoms with E-state index < -0.39 is 8.07 Å². The van der Waals surface area contributed by atoms with Gasteiger partial charge in [-0.2, -0.15) is 13.5 Å². The van der Waals surface area contributed by atoms with E-state index in [0.29, 0.717) is 5.92 Å². The summed E-state index contributed by atoms with van der Waals surface area (Å²) in [4.78, 5) is 0. The summed E-state index contributed by atoms with van der Waals surface area (Å²) in [6, 6.07) is 64.6. The Kier molecular flexibility index (Phi) is 9.17. The number of imidazole rings is 1. The molecule has 0 radical (unpaired) electrons.